The van der Waals surface area contributed by atoms with Crippen LogP contribution in [0.25, 0.3) is 10.9 Å². The van der Waals surface area contributed by atoms with Crippen LogP contribution >= 0.6 is 0 Å². The lowest BCUT2D eigenvalue weighted by Gasteiger charge is -2.09. The maximum absolute atomic E-state index is 11.9. The second kappa shape index (κ2) is 7.01. The van der Waals surface area contributed by atoms with Crippen molar-refractivity contribution in [3.8, 4) is 0 Å². The molecule has 0 spiro atoms. The van der Waals surface area contributed by atoms with Gasteiger partial charge >= 0.3 is 0 Å². The first-order valence-electron chi connectivity index (χ1n) is 7.01. The molecule has 0 atom stereocenters. The molecule has 0 aliphatic carbocycles. The fourth-order valence-corrected chi connectivity index (χ4v) is 1.99. The van der Waals surface area contributed by atoms with Gasteiger partial charge in [0.1, 0.15) is 0 Å². The molecule has 0 fully saturated rings. The predicted octanol–water partition coefficient (Wildman–Crippen LogP) is 2.81. The molecule has 2 rings (SSSR count). The number of fused-ring (bicyclic) bond motifs is 1. The number of pyridine rings is 1. The monoisotopic (exact) mass is 271 g/mol. The predicted molar refractivity (Wildman–Crippen MR) is 82.7 cm³/mol. The van der Waals surface area contributed by atoms with E-state index in [1.807, 2.05) is 30.3 Å². The molecule has 1 aromatic carbocycles. The van der Waals surface area contributed by atoms with Gasteiger partial charge in [0.05, 0.1) is 17.7 Å². The number of amides is 1. The number of anilines is 1. The van der Waals surface area contributed by atoms with Gasteiger partial charge in [-0.15, -0.1) is 0 Å². The molecule has 1 heterocycles. The van der Waals surface area contributed by atoms with Crippen LogP contribution in [0.5, 0.6) is 0 Å². The lowest BCUT2D eigenvalue weighted by molar-refractivity contribution is -0.115. The van der Waals surface area contributed by atoms with Crippen LogP contribution in [0.1, 0.15) is 20.3 Å². The van der Waals surface area contributed by atoms with Gasteiger partial charge in [0.15, 0.2) is 0 Å². The SMILES string of the molecule is CC(C)CCNCC(=O)Nc1cccc2cccnc12. The van der Waals surface area contributed by atoms with Crippen molar-refractivity contribution >= 4 is 22.5 Å². The van der Waals surface area contributed by atoms with Crippen molar-refractivity contribution in [2.45, 2.75) is 20.3 Å². The number of benzene rings is 1. The highest BCUT2D eigenvalue weighted by Crippen LogP contribution is 2.20. The quantitative estimate of drug-likeness (QED) is 0.794. The number of nitrogens with one attached hydrogen (secondary N) is 2. The number of aromatic nitrogens is 1. The molecule has 2 aromatic rings. The van der Waals surface area contributed by atoms with Crippen molar-refractivity contribution in [2.75, 3.05) is 18.4 Å². The van der Waals surface area contributed by atoms with Crippen LogP contribution < -0.4 is 10.6 Å². The Morgan fingerprint density at radius 2 is 2.05 bits per heavy atom. The Kier molecular flexibility index (Phi) is 5.07. The minimum Gasteiger partial charge on any atom is -0.323 e. The summed E-state index contributed by atoms with van der Waals surface area (Å²) in [6, 6.07) is 9.66. The Labute approximate surface area is 119 Å². The highest BCUT2D eigenvalue weighted by atomic mass is 16.1. The van der Waals surface area contributed by atoms with Gasteiger partial charge in [-0.2, -0.15) is 0 Å². The van der Waals surface area contributed by atoms with Crippen LogP contribution in [-0.4, -0.2) is 24.0 Å². The number of hydrogen-bond donors (Lipinski definition) is 2. The van der Waals surface area contributed by atoms with E-state index < -0.39 is 0 Å². The van der Waals surface area contributed by atoms with E-state index in [-0.39, 0.29) is 5.91 Å². The molecule has 1 aromatic heterocycles. The van der Waals surface area contributed by atoms with Crippen molar-refractivity contribution in [3.63, 3.8) is 0 Å². The molecule has 4 heteroatoms. The molecule has 1 amide bonds. The third-order valence-corrected chi connectivity index (χ3v) is 3.09. The average molecular weight is 271 g/mol. The van der Waals surface area contributed by atoms with Gasteiger partial charge in [0.25, 0.3) is 0 Å². The Hall–Kier alpha value is -1.94. The summed E-state index contributed by atoms with van der Waals surface area (Å²) in [6.07, 6.45) is 2.81. The molecule has 0 saturated heterocycles. The van der Waals surface area contributed by atoms with E-state index in [1.165, 1.54) is 0 Å². The molecule has 4 nitrogen and oxygen atoms in total. The van der Waals surface area contributed by atoms with Gasteiger partial charge < -0.3 is 10.6 Å². The number of para-hydroxylation sites is 1. The van der Waals surface area contributed by atoms with Gasteiger partial charge in [0, 0.05) is 11.6 Å². The second-order valence-corrected chi connectivity index (χ2v) is 5.29. The van der Waals surface area contributed by atoms with Crippen LogP contribution in [0.2, 0.25) is 0 Å². The smallest absolute Gasteiger partial charge is 0.238 e. The van der Waals surface area contributed by atoms with Crippen molar-refractivity contribution in [3.05, 3.63) is 36.5 Å². The molecule has 106 valence electrons. The maximum Gasteiger partial charge on any atom is 0.238 e. The number of hydrogen-bond acceptors (Lipinski definition) is 3. The van der Waals surface area contributed by atoms with Gasteiger partial charge in [-0.1, -0.05) is 32.0 Å². The minimum atomic E-state index is -0.0353. The minimum absolute atomic E-state index is 0.0353. The van der Waals surface area contributed by atoms with E-state index in [1.54, 1.807) is 6.20 Å². The molecule has 0 aliphatic heterocycles. The number of rotatable bonds is 6. The summed E-state index contributed by atoms with van der Waals surface area (Å²) < 4.78 is 0. The topological polar surface area (TPSA) is 54.0 Å². The van der Waals surface area contributed by atoms with E-state index in [0.717, 1.165) is 29.6 Å². The van der Waals surface area contributed by atoms with Crippen LogP contribution in [0, 0.1) is 5.92 Å². The molecular formula is C16H21N3O. The first kappa shape index (κ1) is 14.5. The lowest BCUT2D eigenvalue weighted by Crippen LogP contribution is -2.29. The standard InChI is InChI=1S/C16H21N3O/c1-12(2)8-10-17-11-15(20)19-14-7-3-5-13-6-4-9-18-16(13)14/h3-7,9,12,17H,8,10-11H2,1-2H3,(H,19,20). The fraction of sp³-hybridized carbons (Fsp3) is 0.375. The lowest BCUT2D eigenvalue weighted by atomic mass is 10.1. The van der Waals surface area contributed by atoms with E-state index in [9.17, 15) is 4.79 Å². The van der Waals surface area contributed by atoms with Crippen LogP contribution in [0.3, 0.4) is 0 Å². The van der Waals surface area contributed by atoms with Gasteiger partial charge in [-0.25, -0.2) is 0 Å². The van der Waals surface area contributed by atoms with Crippen LogP contribution in [0.4, 0.5) is 5.69 Å². The first-order chi connectivity index (χ1) is 9.66. The zero-order valence-corrected chi connectivity index (χ0v) is 12.0. The molecule has 0 radical (unpaired) electrons. The summed E-state index contributed by atoms with van der Waals surface area (Å²) in [6.45, 7) is 5.53. The molecule has 0 aliphatic rings. The Morgan fingerprint density at radius 3 is 2.85 bits per heavy atom. The van der Waals surface area contributed by atoms with E-state index in [4.69, 9.17) is 0 Å². The Bertz CT molecular complexity index is 575. The molecule has 0 saturated carbocycles. The van der Waals surface area contributed by atoms with Crippen molar-refractivity contribution in [1.82, 2.24) is 10.3 Å². The molecule has 2 N–H and O–H groups in total. The summed E-state index contributed by atoms with van der Waals surface area (Å²) in [7, 11) is 0. The zero-order valence-electron chi connectivity index (χ0n) is 12.0. The van der Waals surface area contributed by atoms with Crippen molar-refractivity contribution in [1.29, 1.82) is 0 Å². The summed E-state index contributed by atoms with van der Waals surface area (Å²) in [5.41, 5.74) is 1.59. The van der Waals surface area contributed by atoms with Gasteiger partial charge in [-0.3, -0.25) is 9.78 Å². The Morgan fingerprint density at radius 1 is 1.25 bits per heavy atom. The van der Waals surface area contributed by atoms with Crippen LogP contribution in [0.15, 0.2) is 36.5 Å². The molecule has 20 heavy (non-hydrogen) atoms. The fourth-order valence-electron chi connectivity index (χ4n) is 1.99. The van der Waals surface area contributed by atoms with Crippen molar-refractivity contribution in [2.24, 2.45) is 5.92 Å². The summed E-state index contributed by atoms with van der Waals surface area (Å²) in [5, 5.41) is 7.09. The van der Waals surface area contributed by atoms with E-state index >= 15 is 0 Å². The molecular weight excluding hydrogens is 250 g/mol. The highest BCUT2D eigenvalue weighted by molar-refractivity contribution is 6.00. The third kappa shape index (κ3) is 4.03. The van der Waals surface area contributed by atoms with Crippen molar-refractivity contribution < 1.29 is 4.79 Å². The van der Waals surface area contributed by atoms with Crippen LogP contribution in [-0.2, 0) is 4.79 Å². The Balaban J connectivity index is 1.93. The number of carbonyl (C=O) groups is 1. The summed E-state index contributed by atoms with van der Waals surface area (Å²) in [4.78, 5) is 16.2. The molecule has 0 bridgehead atoms. The van der Waals surface area contributed by atoms with Gasteiger partial charge in [-0.05, 0) is 31.0 Å². The zero-order chi connectivity index (χ0) is 14.4. The average Bonchev–Trinajstić information content (AvgIpc) is 2.44. The van der Waals surface area contributed by atoms with Gasteiger partial charge in [0.2, 0.25) is 5.91 Å². The third-order valence-electron chi connectivity index (χ3n) is 3.09. The largest absolute Gasteiger partial charge is 0.323 e. The first-order valence-corrected chi connectivity index (χ1v) is 7.01. The van der Waals surface area contributed by atoms with E-state index in [2.05, 4.69) is 29.5 Å². The second-order valence-electron chi connectivity index (χ2n) is 5.29. The molecule has 0 unspecified atom stereocenters. The maximum atomic E-state index is 11.9. The number of carbonyl (C=O) groups excluding carboxylic acids is 1. The normalized spacial score (nSPS) is 10.9. The summed E-state index contributed by atoms with van der Waals surface area (Å²) in [5.74, 6) is 0.611. The van der Waals surface area contributed by atoms with E-state index in [0.29, 0.717) is 12.5 Å². The highest BCUT2D eigenvalue weighted by Gasteiger charge is 2.06. The summed E-state index contributed by atoms with van der Waals surface area (Å²) >= 11 is 0. The number of nitrogens with zero attached hydrogens (tertiary/aromatic N) is 1.